The van der Waals surface area contributed by atoms with Gasteiger partial charge in [0.2, 0.25) is 0 Å². The second-order valence-electron chi connectivity index (χ2n) is 4.44. The standard InChI is InChI=1S/C14H12F3NO3/c1-8-12(9(2)21-18-8)7-20-11-5-3-10(4-6-11)13(19)14(15,16)17/h3-6H,7H2,1-2H3. The number of carbonyl (C=O) groups is 1. The Balaban J connectivity index is 2.05. The summed E-state index contributed by atoms with van der Waals surface area (Å²) in [5, 5.41) is 3.77. The van der Waals surface area contributed by atoms with E-state index in [0.717, 1.165) is 17.7 Å². The first kappa shape index (κ1) is 15.1. The highest BCUT2D eigenvalue weighted by molar-refractivity contribution is 6.00. The van der Waals surface area contributed by atoms with E-state index < -0.39 is 17.5 Å². The fourth-order valence-corrected chi connectivity index (χ4v) is 1.73. The number of hydrogen-bond donors (Lipinski definition) is 0. The van der Waals surface area contributed by atoms with Crippen LogP contribution < -0.4 is 4.74 Å². The third kappa shape index (κ3) is 3.42. The minimum atomic E-state index is -4.88. The molecule has 0 bridgehead atoms. The lowest BCUT2D eigenvalue weighted by Gasteiger charge is -2.08. The van der Waals surface area contributed by atoms with Gasteiger partial charge < -0.3 is 9.26 Å². The third-order valence-corrected chi connectivity index (χ3v) is 2.94. The number of aryl methyl sites for hydroxylation is 2. The van der Waals surface area contributed by atoms with Gasteiger partial charge in [0.25, 0.3) is 5.78 Å². The molecule has 0 saturated carbocycles. The molecule has 0 saturated heterocycles. The van der Waals surface area contributed by atoms with E-state index in [0.29, 0.717) is 17.2 Å². The molecule has 0 aliphatic carbocycles. The maximum Gasteiger partial charge on any atom is 0.454 e. The molecule has 4 nitrogen and oxygen atoms in total. The Morgan fingerprint density at radius 3 is 2.33 bits per heavy atom. The van der Waals surface area contributed by atoms with Crippen LogP contribution in [-0.4, -0.2) is 17.1 Å². The Bertz CT molecular complexity index is 625. The number of halogens is 3. The highest BCUT2D eigenvalue weighted by atomic mass is 19.4. The predicted octanol–water partition coefficient (Wildman–Crippen LogP) is 3.62. The average molecular weight is 299 g/mol. The zero-order valence-electron chi connectivity index (χ0n) is 11.3. The smallest absolute Gasteiger partial charge is 0.454 e. The summed E-state index contributed by atoms with van der Waals surface area (Å²) < 4.78 is 47.2. The average Bonchev–Trinajstić information content (AvgIpc) is 2.75. The van der Waals surface area contributed by atoms with Gasteiger partial charge in [-0.2, -0.15) is 13.2 Å². The Kier molecular flexibility index (Phi) is 4.02. The van der Waals surface area contributed by atoms with Crippen molar-refractivity contribution in [2.45, 2.75) is 26.6 Å². The Hall–Kier alpha value is -2.31. The van der Waals surface area contributed by atoms with Crippen molar-refractivity contribution < 1.29 is 27.2 Å². The van der Waals surface area contributed by atoms with Gasteiger partial charge in [0.05, 0.1) is 11.3 Å². The minimum absolute atomic E-state index is 0.188. The van der Waals surface area contributed by atoms with E-state index >= 15 is 0 Å². The van der Waals surface area contributed by atoms with Crippen molar-refractivity contribution in [1.82, 2.24) is 5.16 Å². The molecule has 112 valence electrons. The van der Waals surface area contributed by atoms with Gasteiger partial charge in [-0.15, -0.1) is 0 Å². The third-order valence-electron chi connectivity index (χ3n) is 2.94. The molecular weight excluding hydrogens is 287 g/mol. The van der Waals surface area contributed by atoms with Gasteiger partial charge in [0.15, 0.2) is 0 Å². The lowest BCUT2D eigenvalue weighted by Crippen LogP contribution is -2.22. The van der Waals surface area contributed by atoms with E-state index in [9.17, 15) is 18.0 Å². The quantitative estimate of drug-likeness (QED) is 0.809. The van der Waals surface area contributed by atoms with E-state index in [2.05, 4.69) is 5.16 Å². The van der Waals surface area contributed by atoms with Crippen LogP contribution in [0.2, 0.25) is 0 Å². The number of Topliss-reactive ketones (excluding diaryl/α,β-unsaturated/α-hetero) is 1. The molecule has 0 N–H and O–H groups in total. The van der Waals surface area contributed by atoms with Crippen molar-refractivity contribution in [2.75, 3.05) is 0 Å². The summed E-state index contributed by atoms with van der Waals surface area (Å²) in [6, 6.07) is 4.80. The topological polar surface area (TPSA) is 52.3 Å². The van der Waals surface area contributed by atoms with E-state index in [4.69, 9.17) is 9.26 Å². The summed E-state index contributed by atoms with van der Waals surface area (Å²) in [4.78, 5) is 11.0. The van der Waals surface area contributed by atoms with Gasteiger partial charge in [-0.1, -0.05) is 5.16 Å². The molecule has 0 aliphatic rings. The molecule has 0 spiro atoms. The summed E-state index contributed by atoms with van der Waals surface area (Å²) in [5.74, 6) is -0.898. The zero-order chi connectivity index (χ0) is 15.6. The molecule has 2 rings (SSSR count). The van der Waals surface area contributed by atoms with E-state index in [1.165, 1.54) is 12.1 Å². The van der Waals surface area contributed by atoms with Crippen LogP contribution in [0.5, 0.6) is 5.75 Å². The van der Waals surface area contributed by atoms with E-state index in [1.54, 1.807) is 13.8 Å². The van der Waals surface area contributed by atoms with Crippen molar-refractivity contribution in [3.63, 3.8) is 0 Å². The highest BCUT2D eigenvalue weighted by Gasteiger charge is 2.39. The lowest BCUT2D eigenvalue weighted by atomic mass is 10.1. The molecule has 0 amide bonds. The number of carbonyl (C=O) groups excluding carboxylic acids is 1. The molecule has 0 radical (unpaired) electrons. The van der Waals surface area contributed by atoms with Crippen molar-refractivity contribution in [3.05, 3.63) is 46.8 Å². The molecular formula is C14H12F3NO3. The molecule has 1 heterocycles. The van der Waals surface area contributed by atoms with Gasteiger partial charge in [0.1, 0.15) is 18.1 Å². The van der Waals surface area contributed by atoms with Crippen LogP contribution >= 0.6 is 0 Å². The first-order chi connectivity index (χ1) is 9.79. The normalized spacial score (nSPS) is 11.5. The van der Waals surface area contributed by atoms with Crippen LogP contribution in [0.1, 0.15) is 27.4 Å². The number of alkyl halides is 3. The number of ether oxygens (including phenoxy) is 1. The van der Waals surface area contributed by atoms with Gasteiger partial charge in [-0.25, -0.2) is 0 Å². The van der Waals surface area contributed by atoms with Gasteiger partial charge in [-0.3, -0.25) is 4.79 Å². The van der Waals surface area contributed by atoms with Crippen LogP contribution in [0.15, 0.2) is 28.8 Å². The number of nitrogens with zero attached hydrogens (tertiary/aromatic N) is 1. The second-order valence-corrected chi connectivity index (χ2v) is 4.44. The van der Waals surface area contributed by atoms with Crippen molar-refractivity contribution in [2.24, 2.45) is 0 Å². The highest BCUT2D eigenvalue weighted by Crippen LogP contribution is 2.23. The molecule has 7 heteroatoms. The fourth-order valence-electron chi connectivity index (χ4n) is 1.73. The SMILES string of the molecule is Cc1noc(C)c1COc1ccc(C(=O)C(F)(F)F)cc1. The van der Waals surface area contributed by atoms with Crippen molar-refractivity contribution >= 4 is 5.78 Å². The molecule has 0 fully saturated rings. The zero-order valence-corrected chi connectivity index (χ0v) is 11.3. The fraction of sp³-hybridized carbons (Fsp3) is 0.286. The maximum absolute atomic E-state index is 12.3. The van der Waals surface area contributed by atoms with Crippen LogP contribution in [0.3, 0.4) is 0 Å². The van der Waals surface area contributed by atoms with Gasteiger partial charge >= 0.3 is 6.18 Å². The largest absolute Gasteiger partial charge is 0.489 e. The molecule has 0 aliphatic heterocycles. The molecule has 1 aromatic carbocycles. The molecule has 21 heavy (non-hydrogen) atoms. The Morgan fingerprint density at radius 2 is 1.86 bits per heavy atom. The summed E-state index contributed by atoms with van der Waals surface area (Å²) in [6.45, 7) is 3.69. The van der Waals surface area contributed by atoms with E-state index in [-0.39, 0.29) is 6.61 Å². The molecule has 1 aromatic heterocycles. The monoisotopic (exact) mass is 299 g/mol. The summed E-state index contributed by atoms with van der Waals surface area (Å²) >= 11 is 0. The van der Waals surface area contributed by atoms with Crippen LogP contribution in [0.4, 0.5) is 13.2 Å². The van der Waals surface area contributed by atoms with Crippen LogP contribution in [0, 0.1) is 13.8 Å². The summed E-state index contributed by atoms with van der Waals surface area (Å²) in [5.41, 5.74) is 1.05. The van der Waals surface area contributed by atoms with Crippen LogP contribution in [-0.2, 0) is 6.61 Å². The molecule has 0 unspecified atom stereocenters. The predicted molar refractivity (Wildman–Crippen MR) is 67.1 cm³/mol. The van der Waals surface area contributed by atoms with Crippen molar-refractivity contribution in [1.29, 1.82) is 0 Å². The maximum atomic E-state index is 12.3. The number of hydrogen-bond acceptors (Lipinski definition) is 4. The number of benzene rings is 1. The molecule has 2 aromatic rings. The minimum Gasteiger partial charge on any atom is -0.489 e. The summed E-state index contributed by atoms with van der Waals surface area (Å²) in [7, 11) is 0. The second kappa shape index (κ2) is 5.59. The number of ketones is 1. The van der Waals surface area contributed by atoms with Gasteiger partial charge in [-0.05, 0) is 38.1 Å². The Labute approximate surface area is 118 Å². The van der Waals surface area contributed by atoms with Crippen molar-refractivity contribution in [3.8, 4) is 5.75 Å². The Morgan fingerprint density at radius 1 is 1.24 bits per heavy atom. The first-order valence-electron chi connectivity index (χ1n) is 6.05. The number of aromatic nitrogens is 1. The first-order valence-corrected chi connectivity index (χ1v) is 6.05. The molecule has 0 atom stereocenters. The van der Waals surface area contributed by atoms with Crippen LogP contribution in [0.25, 0.3) is 0 Å². The van der Waals surface area contributed by atoms with Gasteiger partial charge in [0, 0.05) is 5.56 Å². The number of rotatable bonds is 4. The van der Waals surface area contributed by atoms with E-state index in [1.807, 2.05) is 0 Å². The summed E-state index contributed by atoms with van der Waals surface area (Å²) in [6.07, 6.45) is -4.88. The lowest BCUT2D eigenvalue weighted by molar-refractivity contribution is -0.0885.